The van der Waals surface area contributed by atoms with E-state index in [1.165, 1.54) is 0 Å². The fraction of sp³-hybridized carbons (Fsp3) is 0.500. The maximum absolute atomic E-state index is 11.9. The van der Waals surface area contributed by atoms with E-state index in [1.807, 2.05) is 0 Å². The minimum atomic E-state index is -2.17. The Kier molecular flexibility index (Phi) is 6.17. The molecule has 0 aromatic heterocycles. The first-order valence-corrected chi connectivity index (χ1v) is 7.46. The molecule has 0 bridgehead atoms. The minimum absolute atomic E-state index is 0.406. The molecule has 0 spiro atoms. The van der Waals surface area contributed by atoms with Gasteiger partial charge in [0.15, 0.2) is 0 Å². The number of aliphatic carboxylic acids is 2. The molecular formula is C12H12Cl4O6. The molecule has 1 rings (SSSR count). The number of hydrogen-bond acceptors (Lipinski definition) is 4. The highest BCUT2D eigenvalue weighted by atomic mass is 35.5. The summed E-state index contributed by atoms with van der Waals surface area (Å²) >= 11 is 24.3. The van der Waals surface area contributed by atoms with Crippen molar-refractivity contribution in [2.75, 3.05) is 13.2 Å². The van der Waals surface area contributed by atoms with Crippen LogP contribution >= 0.6 is 46.4 Å². The van der Waals surface area contributed by atoms with E-state index in [4.69, 9.17) is 46.4 Å². The van der Waals surface area contributed by atoms with Gasteiger partial charge in [0, 0.05) is 13.2 Å². The molecule has 0 amide bonds. The number of aliphatic hydroxyl groups excluding tert-OH is 2. The first kappa shape index (κ1) is 19.5. The van der Waals surface area contributed by atoms with Crippen LogP contribution in [-0.2, 0) is 9.59 Å². The van der Waals surface area contributed by atoms with Crippen LogP contribution in [0.15, 0.2) is 20.7 Å². The van der Waals surface area contributed by atoms with Crippen molar-refractivity contribution in [3.05, 3.63) is 20.7 Å². The Balaban J connectivity index is 3.85. The van der Waals surface area contributed by atoms with Gasteiger partial charge in [0.2, 0.25) is 0 Å². The monoisotopic (exact) mass is 392 g/mol. The van der Waals surface area contributed by atoms with Crippen LogP contribution in [0.4, 0.5) is 0 Å². The summed E-state index contributed by atoms with van der Waals surface area (Å²) in [7, 11) is 0. The van der Waals surface area contributed by atoms with Gasteiger partial charge in [-0.1, -0.05) is 34.8 Å². The summed E-state index contributed by atoms with van der Waals surface area (Å²) in [6.45, 7) is -1.21. The maximum Gasteiger partial charge on any atom is 0.338 e. The van der Waals surface area contributed by atoms with Crippen LogP contribution in [0.25, 0.3) is 0 Å². The van der Waals surface area contributed by atoms with E-state index in [9.17, 15) is 30.0 Å². The fourth-order valence-electron chi connectivity index (χ4n) is 2.46. The summed E-state index contributed by atoms with van der Waals surface area (Å²) < 4.78 is 0. The van der Waals surface area contributed by atoms with E-state index < -0.39 is 69.0 Å². The van der Waals surface area contributed by atoms with Gasteiger partial charge in [-0.3, -0.25) is 4.79 Å². The van der Waals surface area contributed by atoms with Crippen molar-refractivity contribution in [2.45, 2.75) is 17.7 Å². The van der Waals surface area contributed by atoms with Gasteiger partial charge in [-0.25, -0.2) is 4.79 Å². The van der Waals surface area contributed by atoms with Crippen molar-refractivity contribution in [1.29, 1.82) is 0 Å². The summed E-state index contributed by atoms with van der Waals surface area (Å²) in [4.78, 5) is 21.1. The van der Waals surface area contributed by atoms with Crippen LogP contribution in [0.1, 0.15) is 12.8 Å². The summed E-state index contributed by atoms with van der Waals surface area (Å²) in [5.41, 5.74) is -2.80. The van der Waals surface area contributed by atoms with Gasteiger partial charge in [0.05, 0.1) is 20.7 Å². The Morgan fingerprint density at radius 1 is 0.955 bits per heavy atom. The summed E-state index contributed by atoms with van der Waals surface area (Å²) in [6.07, 6.45) is -0.874. The Hall–Kier alpha value is -0.500. The lowest BCUT2D eigenvalue weighted by Crippen LogP contribution is -2.54. The van der Waals surface area contributed by atoms with Gasteiger partial charge >= 0.3 is 11.9 Å². The molecule has 0 fully saturated rings. The predicted octanol–water partition coefficient (Wildman–Crippen LogP) is 2.08. The second kappa shape index (κ2) is 6.95. The zero-order valence-electron chi connectivity index (χ0n) is 10.9. The molecule has 0 aromatic carbocycles. The third kappa shape index (κ3) is 2.62. The molecule has 2 unspecified atom stereocenters. The molecule has 124 valence electrons. The standard InChI is InChI=1S/C12H12Cl4O6/c13-6-5(9(19)20)7(14)12(16,2-4-18)11(1-3-17,8(6)15)10(21)22/h17-18H,1-4H2,(H,19,20)(H,21,22). The second-order valence-electron chi connectivity index (χ2n) is 4.58. The molecule has 6 nitrogen and oxygen atoms in total. The van der Waals surface area contributed by atoms with Crippen LogP contribution in [0, 0.1) is 5.41 Å². The van der Waals surface area contributed by atoms with Crippen molar-refractivity contribution in [3.8, 4) is 0 Å². The van der Waals surface area contributed by atoms with Gasteiger partial charge in [-0.2, -0.15) is 0 Å². The van der Waals surface area contributed by atoms with Gasteiger partial charge in [-0.05, 0) is 12.8 Å². The van der Waals surface area contributed by atoms with E-state index in [1.54, 1.807) is 0 Å². The number of halogens is 4. The molecule has 0 aliphatic heterocycles. The van der Waals surface area contributed by atoms with Crippen LogP contribution in [0.5, 0.6) is 0 Å². The van der Waals surface area contributed by atoms with Gasteiger partial charge in [-0.15, -0.1) is 11.6 Å². The molecule has 0 saturated carbocycles. The number of hydrogen-bond donors (Lipinski definition) is 4. The largest absolute Gasteiger partial charge is 0.480 e. The zero-order valence-corrected chi connectivity index (χ0v) is 14.0. The third-order valence-electron chi connectivity index (χ3n) is 3.55. The zero-order chi connectivity index (χ0) is 17.3. The van der Waals surface area contributed by atoms with E-state index in [0.717, 1.165) is 0 Å². The van der Waals surface area contributed by atoms with E-state index in [2.05, 4.69) is 0 Å². The minimum Gasteiger partial charge on any atom is -0.480 e. The average Bonchev–Trinajstić information content (AvgIpc) is 2.41. The molecule has 0 radical (unpaired) electrons. The van der Waals surface area contributed by atoms with Crippen molar-refractivity contribution in [3.63, 3.8) is 0 Å². The number of allylic oxidation sites excluding steroid dienone is 1. The molecule has 0 saturated heterocycles. The van der Waals surface area contributed by atoms with E-state index >= 15 is 0 Å². The molecule has 22 heavy (non-hydrogen) atoms. The Morgan fingerprint density at radius 3 is 1.82 bits per heavy atom. The number of alkyl halides is 1. The average molecular weight is 394 g/mol. The summed E-state index contributed by atoms with van der Waals surface area (Å²) in [5.74, 6) is -3.09. The van der Waals surface area contributed by atoms with Crippen molar-refractivity contribution in [2.24, 2.45) is 5.41 Å². The van der Waals surface area contributed by atoms with E-state index in [0.29, 0.717) is 0 Å². The SMILES string of the molecule is O=C(O)C1=C(Cl)C(Cl)(CCO)C(CCO)(C(=O)O)C(Cl)=C1Cl. The van der Waals surface area contributed by atoms with Crippen molar-refractivity contribution < 1.29 is 30.0 Å². The lowest BCUT2D eigenvalue weighted by Gasteiger charge is -2.46. The third-order valence-corrected chi connectivity index (χ3v) is 5.85. The molecular weight excluding hydrogens is 382 g/mol. The summed E-state index contributed by atoms with van der Waals surface area (Å²) in [6, 6.07) is 0. The molecule has 1 aliphatic carbocycles. The topological polar surface area (TPSA) is 115 Å². The fourth-order valence-corrected chi connectivity index (χ4v) is 4.21. The molecule has 0 heterocycles. The number of carbonyl (C=O) groups is 2. The molecule has 10 heteroatoms. The quantitative estimate of drug-likeness (QED) is 0.513. The molecule has 1 aliphatic rings. The molecule has 4 N–H and O–H groups in total. The highest BCUT2D eigenvalue weighted by Gasteiger charge is 2.63. The number of carboxylic acid groups (broad SMARTS) is 2. The normalized spacial score (nSPS) is 29.0. The lowest BCUT2D eigenvalue weighted by molar-refractivity contribution is -0.149. The lowest BCUT2D eigenvalue weighted by atomic mass is 9.66. The number of aliphatic hydroxyl groups is 2. The highest BCUT2D eigenvalue weighted by Crippen LogP contribution is 2.60. The van der Waals surface area contributed by atoms with Crippen molar-refractivity contribution in [1.82, 2.24) is 0 Å². The Bertz CT molecular complexity index is 572. The number of carboxylic acids is 2. The second-order valence-corrected chi connectivity index (χ2v) is 6.36. The van der Waals surface area contributed by atoms with E-state index in [-0.39, 0.29) is 0 Å². The Morgan fingerprint density at radius 2 is 1.45 bits per heavy atom. The highest BCUT2D eigenvalue weighted by molar-refractivity contribution is 6.50. The van der Waals surface area contributed by atoms with Crippen LogP contribution in [0.3, 0.4) is 0 Å². The smallest absolute Gasteiger partial charge is 0.338 e. The summed E-state index contributed by atoms with van der Waals surface area (Å²) in [5, 5.41) is 35.6. The number of rotatable bonds is 6. The first-order valence-electron chi connectivity index (χ1n) is 5.95. The first-order chi connectivity index (χ1) is 10.1. The molecule has 2 atom stereocenters. The van der Waals surface area contributed by atoms with Crippen LogP contribution < -0.4 is 0 Å². The van der Waals surface area contributed by atoms with Crippen LogP contribution in [-0.4, -0.2) is 50.5 Å². The maximum atomic E-state index is 11.9. The van der Waals surface area contributed by atoms with Gasteiger partial charge in [0.25, 0.3) is 0 Å². The Labute approximate surface area is 145 Å². The molecule has 0 aromatic rings. The van der Waals surface area contributed by atoms with Gasteiger partial charge < -0.3 is 20.4 Å². The van der Waals surface area contributed by atoms with Crippen molar-refractivity contribution >= 4 is 58.3 Å². The van der Waals surface area contributed by atoms with Crippen LogP contribution in [0.2, 0.25) is 0 Å². The predicted molar refractivity (Wildman–Crippen MR) is 81.3 cm³/mol. The van der Waals surface area contributed by atoms with Gasteiger partial charge in [0.1, 0.15) is 10.3 Å².